The topological polar surface area (TPSA) is 61.4 Å². The molecule has 1 amide bonds. The molecule has 6 nitrogen and oxygen atoms in total. The van der Waals surface area contributed by atoms with Crippen LogP contribution in [0.4, 0.5) is 11.5 Å². The predicted molar refractivity (Wildman–Crippen MR) is 115 cm³/mol. The molecule has 29 heavy (non-hydrogen) atoms. The Bertz CT molecular complexity index is 951. The lowest BCUT2D eigenvalue weighted by Crippen LogP contribution is -2.48. The summed E-state index contributed by atoms with van der Waals surface area (Å²) in [4.78, 5) is 25.7. The maximum atomic E-state index is 12.8. The van der Waals surface area contributed by atoms with E-state index in [9.17, 15) is 4.79 Å². The van der Waals surface area contributed by atoms with E-state index >= 15 is 0 Å². The van der Waals surface area contributed by atoms with E-state index in [2.05, 4.69) is 51.4 Å². The third-order valence-corrected chi connectivity index (χ3v) is 5.12. The number of carbonyl (C=O) groups is 1. The lowest BCUT2D eigenvalue weighted by molar-refractivity contribution is 0.0746. The molecule has 3 heterocycles. The molecule has 1 N–H and O–H groups in total. The summed E-state index contributed by atoms with van der Waals surface area (Å²) in [5.41, 5.74) is 4.05. The second-order valence-electron chi connectivity index (χ2n) is 7.22. The van der Waals surface area contributed by atoms with Gasteiger partial charge >= 0.3 is 0 Å². The van der Waals surface area contributed by atoms with Crippen LogP contribution in [-0.4, -0.2) is 47.0 Å². The number of pyridine rings is 2. The van der Waals surface area contributed by atoms with Crippen molar-refractivity contribution in [2.24, 2.45) is 0 Å². The van der Waals surface area contributed by atoms with E-state index in [0.717, 1.165) is 24.6 Å². The largest absolute Gasteiger partial charge is 0.368 e. The Kier molecular flexibility index (Phi) is 5.70. The van der Waals surface area contributed by atoms with Crippen LogP contribution in [-0.2, 0) is 6.54 Å². The summed E-state index contributed by atoms with van der Waals surface area (Å²) in [6.07, 6.45) is 3.42. The molecule has 4 rings (SSSR count). The fraction of sp³-hybridized carbons (Fsp3) is 0.261. The number of anilines is 2. The summed E-state index contributed by atoms with van der Waals surface area (Å²) in [6, 6.07) is 18.0. The number of nitrogens with zero attached hydrogens (tertiary/aromatic N) is 4. The zero-order valence-corrected chi connectivity index (χ0v) is 16.6. The first-order valence-electron chi connectivity index (χ1n) is 9.90. The summed E-state index contributed by atoms with van der Waals surface area (Å²) in [5.74, 6) is 0.772. The Hall–Kier alpha value is -3.41. The molecule has 1 aliphatic heterocycles. The SMILES string of the molecule is Cc1cccc(N2CCN(C(=O)c3ccc(NCc4ccccn4)nc3)CC2)c1. The van der Waals surface area contributed by atoms with Crippen LogP contribution in [0.3, 0.4) is 0 Å². The molecule has 1 saturated heterocycles. The van der Waals surface area contributed by atoms with Crippen molar-refractivity contribution in [3.8, 4) is 0 Å². The van der Waals surface area contributed by atoms with Crippen molar-refractivity contribution in [1.82, 2.24) is 14.9 Å². The van der Waals surface area contributed by atoms with Gasteiger partial charge in [-0.3, -0.25) is 9.78 Å². The Balaban J connectivity index is 1.31. The zero-order valence-electron chi connectivity index (χ0n) is 16.6. The number of aromatic nitrogens is 2. The number of piperazine rings is 1. The van der Waals surface area contributed by atoms with Crippen LogP contribution in [0.2, 0.25) is 0 Å². The fourth-order valence-corrected chi connectivity index (χ4v) is 3.48. The van der Waals surface area contributed by atoms with E-state index in [-0.39, 0.29) is 5.91 Å². The van der Waals surface area contributed by atoms with Crippen molar-refractivity contribution in [3.63, 3.8) is 0 Å². The highest BCUT2D eigenvalue weighted by Crippen LogP contribution is 2.19. The average Bonchev–Trinajstić information content (AvgIpc) is 2.78. The predicted octanol–water partition coefficient (Wildman–Crippen LogP) is 3.36. The maximum absolute atomic E-state index is 12.8. The molecule has 0 unspecified atom stereocenters. The van der Waals surface area contributed by atoms with Gasteiger partial charge in [0.15, 0.2) is 0 Å². The normalized spacial score (nSPS) is 14.0. The number of hydrogen-bond donors (Lipinski definition) is 1. The molecule has 3 aromatic rings. The summed E-state index contributed by atoms with van der Waals surface area (Å²) in [5, 5.41) is 3.23. The standard InChI is InChI=1S/C23H25N5O/c1-18-5-4-7-21(15-18)27-11-13-28(14-12-27)23(29)19-8-9-22(25-16-19)26-17-20-6-2-3-10-24-20/h2-10,15-16H,11-14,17H2,1H3,(H,25,26). The molecule has 0 spiro atoms. The molecule has 1 fully saturated rings. The number of benzene rings is 1. The van der Waals surface area contributed by atoms with Gasteiger partial charge in [0.05, 0.1) is 17.8 Å². The van der Waals surface area contributed by atoms with Crippen molar-refractivity contribution in [3.05, 3.63) is 83.8 Å². The lowest BCUT2D eigenvalue weighted by Gasteiger charge is -2.36. The number of carbonyl (C=O) groups excluding carboxylic acids is 1. The van der Waals surface area contributed by atoms with Crippen LogP contribution < -0.4 is 10.2 Å². The van der Waals surface area contributed by atoms with Gasteiger partial charge in [0.2, 0.25) is 0 Å². The van der Waals surface area contributed by atoms with E-state index in [0.29, 0.717) is 25.2 Å². The van der Waals surface area contributed by atoms with E-state index in [1.54, 1.807) is 12.4 Å². The van der Waals surface area contributed by atoms with Crippen molar-refractivity contribution >= 4 is 17.4 Å². The molecular formula is C23H25N5O. The van der Waals surface area contributed by atoms with Gasteiger partial charge in [-0.25, -0.2) is 4.98 Å². The van der Waals surface area contributed by atoms with Gasteiger partial charge in [0.25, 0.3) is 5.91 Å². The first kappa shape index (κ1) is 18.9. The smallest absolute Gasteiger partial charge is 0.255 e. The first-order chi connectivity index (χ1) is 14.2. The minimum Gasteiger partial charge on any atom is -0.368 e. The number of nitrogens with one attached hydrogen (secondary N) is 1. The molecule has 6 heteroatoms. The third kappa shape index (κ3) is 4.71. The average molecular weight is 387 g/mol. The first-order valence-corrected chi connectivity index (χ1v) is 9.90. The summed E-state index contributed by atoms with van der Waals surface area (Å²) < 4.78 is 0. The van der Waals surface area contributed by atoms with Gasteiger partial charge < -0.3 is 15.1 Å². The maximum Gasteiger partial charge on any atom is 0.255 e. The third-order valence-electron chi connectivity index (χ3n) is 5.12. The highest BCUT2D eigenvalue weighted by atomic mass is 16.2. The molecular weight excluding hydrogens is 362 g/mol. The number of rotatable bonds is 5. The number of aryl methyl sites for hydroxylation is 1. The molecule has 2 aromatic heterocycles. The number of hydrogen-bond acceptors (Lipinski definition) is 5. The van der Waals surface area contributed by atoms with E-state index in [4.69, 9.17) is 0 Å². The van der Waals surface area contributed by atoms with Gasteiger partial charge in [-0.15, -0.1) is 0 Å². The minimum atomic E-state index is 0.0395. The van der Waals surface area contributed by atoms with Crippen molar-refractivity contribution in [2.75, 3.05) is 36.4 Å². The Morgan fingerprint density at radius 3 is 2.55 bits per heavy atom. The lowest BCUT2D eigenvalue weighted by atomic mass is 10.1. The van der Waals surface area contributed by atoms with E-state index < -0.39 is 0 Å². The van der Waals surface area contributed by atoms with Crippen molar-refractivity contribution in [1.29, 1.82) is 0 Å². The molecule has 148 valence electrons. The molecule has 0 saturated carbocycles. The van der Waals surface area contributed by atoms with Gasteiger partial charge in [-0.05, 0) is 48.9 Å². The van der Waals surface area contributed by atoms with Gasteiger partial charge in [-0.2, -0.15) is 0 Å². The summed E-state index contributed by atoms with van der Waals surface area (Å²) in [6.45, 7) is 5.81. The molecule has 0 aliphatic carbocycles. The van der Waals surface area contributed by atoms with Gasteiger partial charge in [0, 0.05) is 44.3 Å². The van der Waals surface area contributed by atoms with E-state index in [1.165, 1.54) is 11.3 Å². The van der Waals surface area contributed by atoms with Crippen LogP contribution in [0.5, 0.6) is 0 Å². The van der Waals surface area contributed by atoms with Gasteiger partial charge in [0.1, 0.15) is 5.82 Å². The van der Waals surface area contributed by atoms with Crippen LogP contribution in [0, 0.1) is 6.92 Å². The van der Waals surface area contributed by atoms with Gasteiger partial charge in [-0.1, -0.05) is 18.2 Å². The quantitative estimate of drug-likeness (QED) is 0.727. The molecule has 1 aromatic carbocycles. The second kappa shape index (κ2) is 8.73. The van der Waals surface area contributed by atoms with E-state index in [1.807, 2.05) is 35.2 Å². The Morgan fingerprint density at radius 2 is 1.86 bits per heavy atom. The number of amides is 1. The zero-order chi connectivity index (χ0) is 20.1. The van der Waals surface area contributed by atoms with Crippen molar-refractivity contribution < 1.29 is 4.79 Å². The Labute approximate surface area is 171 Å². The summed E-state index contributed by atoms with van der Waals surface area (Å²) in [7, 11) is 0. The summed E-state index contributed by atoms with van der Waals surface area (Å²) >= 11 is 0. The molecule has 0 radical (unpaired) electrons. The van der Waals surface area contributed by atoms with Crippen LogP contribution in [0.1, 0.15) is 21.6 Å². The monoisotopic (exact) mass is 387 g/mol. The molecule has 0 bridgehead atoms. The fourth-order valence-electron chi connectivity index (χ4n) is 3.48. The molecule has 1 aliphatic rings. The Morgan fingerprint density at radius 1 is 1.00 bits per heavy atom. The minimum absolute atomic E-state index is 0.0395. The highest BCUT2D eigenvalue weighted by molar-refractivity contribution is 5.94. The van der Waals surface area contributed by atoms with Crippen molar-refractivity contribution in [2.45, 2.75) is 13.5 Å². The van der Waals surface area contributed by atoms with Crippen LogP contribution in [0.25, 0.3) is 0 Å². The molecule has 0 atom stereocenters. The second-order valence-corrected chi connectivity index (χ2v) is 7.22. The van der Waals surface area contributed by atoms with Crippen LogP contribution in [0.15, 0.2) is 67.0 Å². The van der Waals surface area contributed by atoms with Crippen LogP contribution >= 0.6 is 0 Å². The highest BCUT2D eigenvalue weighted by Gasteiger charge is 2.22.